The molecule has 0 aliphatic rings. The molecule has 0 bridgehead atoms. The summed E-state index contributed by atoms with van der Waals surface area (Å²) in [5, 5.41) is 0.128. The van der Waals surface area contributed by atoms with Crippen molar-refractivity contribution in [1.29, 1.82) is 0 Å². The summed E-state index contributed by atoms with van der Waals surface area (Å²) in [5.41, 5.74) is 0. The van der Waals surface area contributed by atoms with Gasteiger partial charge in [0.2, 0.25) is 0 Å². The first kappa shape index (κ1) is 19.8. The normalized spacial score (nSPS) is 12.3. The second-order valence-corrected chi connectivity index (χ2v) is 6.30. The lowest BCUT2D eigenvalue weighted by Crippen LogP contribution is -2.05. The van der Waals surface area contributed by atoms with Crippen LogP contribution in [-0.4, -0.2) is 18.5 Å². The molecule has 0 aliphatic heterocycles. The Labute approximate surface area is 130 Å². The van der Waals surface area contributed by atoms with E-state index in [9.17, 15) is 4.79 Å². The van der Waals surface area contributed by atoms with Crippen molar-refractivity contribution in [3.63, 3.8) is 0 Å². The molecule has 3 heteroatoms. The molecular weight excluding hydrogens is 272 g/mol. The van der Waals surface area contributed by atoms with Gasteiger partial charge in [-0.05, 0) is 12.8 Å². The molecule has 0 fully saturated rings. The van der Waals surface area contributed by atoms with Gasteiger partial charge < -0.3 is 4.74 Å². The molecule has 20 heavy (non-hydrogen) atoms. The number of halogens is 1. The quantitative estimate of drug-likeness (QED) is 0.228. The molecule has 0 aromatic carbocycles. The van der Waals surface area contributed by atoms with Gasteiger partial charge in [-0.2, -0.15) is 0 Å². The first-order valence-electron chi connectivity index (χ1n) is 8.41. The lowest BCUT2D eigenvalue weighted by atomic mass is 10.0. The number of hydrogen-bond donors (Lipinski definition) is 0. The Kier molecular flexibility index (Phi) is 15.0. The fourth-order valence-corrected chi connectivity index (χ4v) is 2.64. The van der Waals surface area contributed by atoms with Crippen LogP contribution in [0.25, 0.3) is 0 Å². The lowest BCUT2D eigenvalue weighted by molar-refractivity contribution is -0.140. The van der Waals surface area contributed by atoms with E-state index < -0.39 is 0 Å². The molecule has 0 aromatic heterocycles. The first-order chi connectivity index (χ1) is 9.70. The van der Waals surface area contributed by atoms with Gasteiger partial charge in [0.25, 0.3) is 0 Å². The van der Waals surface area contributed by atoms with E-state index in [1.54, 1.807) is 0 Å². The summed E-state index contributed by atoms with van der Waals surface area (Å²) in [6.07, 6.45) is 15.7. The van der Waals surface area contributed by atoms with Gasteiger partial charge in [0.15, 0.2) is 0 Å². The number of hydrogen-bond acceptors (Lipinski definition) is 2. The van der Waals surface area contributed by atoms with Crippen molar-refractivity contribution in [2.45, 2.75) is 95.8 Å². The van der Waals surface area contributed by atoms with Crippen molar-refractivity contribution in [3.8, 4) is 0 Å². The van der Waals surface area contributed by atoms with E-state index in [2.05, 4.69) is 11.7 Å². The minimum absolute atomic E-state index is 0.128. The molecule has 1 unspecified atom stereocenters. The van der Waals surface area contributed by atoms with Crippen LogP contribution in [0.2, 0.25) is 0 Å². The SMILES string of the molecule is CCCCCCCCCCCCC(Cl)CCC(=O)OC. The average Bonchev–Trinajstić information content (AvgIpc) is 2.46. The Balaban J connectivity index is 3.17. The maximum absolute atomic E-state index is 11.0. The molecule has 2 nitrogen and oxygen atoms in total. The summed E-state index contributed by atoms with van der Waals surface area (Å²) < 4.78 is 4.61. The molecule has 1 atom stereocenters. The highest BCUT2D eigenvalue weighted by molar-refractivity contribution is 6.20. The van der Waals surface area contributed by atoms with Crippen molar-refractivity contribution >= 4 is 17.6 Å². The summed E-state index contributed by atoms with van der Waals surface area (Å²) in [6.45, 7) is 2.26. The maximum atomic E-state index is 11.0. The van der Waals surface area contributed by atoms with Crippen LogP contribution in [0.1, 0.15) is 90.4 Å². The van der Waals surface area contributed by atoms with Crippen molar-refractivity contribution < 1.29 is 9.53 Å². The highest BCUT2D eigenvalue weighted by Gasteiger charge is 2.08. The van der Waals surface area contributed by atoms with Crippen LogP contribution in [0, 0.1) is 0 Å². The number of rotatable bonds is 14. The Morgan fingerprint density at radius 3 is 1.90 bits per heavy atom. The van der Waals surface area contributed by atoms with Crippen LogP contribution < -0.4 is 0 Å². The minimum Gasteiger partial charge on any atom is -0.469 e. The van der Waals surface area contributed by atoms with Gasteiger partial charge in [0.1, 0.15) is 0 Å². The summed E-state index contributed by atoms with van der Waals surface area (Å²) in [7, 11) is 1.42. The minimum atomic E-state index is -0.154. The third-order valence-corrected chi connectivity index (χ3v) is 4.20. The molecule has 0 saturated heterocycles. The maximum Gasteiger partial charge on any atom is 0.305 e. The predicted molar refractivity (Wildman–Crippen MR) is 87.4 cm³/mol. The van der Waals surface area contributed by atoms with Crippen LogP contribution in [0.3, 0.4) is 0 Å². The second-order valence-electron chi connectivity index (χ2n) is 5.68. The van der Waals surface area contributed by atoms with E-state index in [1.807, 2.05) is 0 Å². The van der Waals surface area contributed by atoms with E-state index in [4.69, 9.17) is 11.6 Å². The van der Waals surface area contributed by atoms with Crippen molar-refractivity contribution in [2.24, 2.45) is 0 Å². The van der Waals surface area contributed by atoms with Crippen LogP contribution >= 0.6 is 11.6 Å². The molecular formula is C17H33ClO2. The van der Waals surface area contributed by atoms with E-state index in [-0.39, 0.29) is 11.3 Å². The third-order valence-electron chi connectivity index (χ3n) is 3.76. The van der Waals surface area contributed by atoms with Crippen LogP contribution in [-0.2, 0) is 9.53 Å². The zero-order valence-corrected chi connectivity index (χ0v) is 14.2. The first-order valence-corrected chi connectivity index (χ1v) is 8.85. The highest BCUT2D eigenvalue weighted by atomic mass is 35.5. The van der Waals surface area contributed by atoms with E-state index in [0.29, 0.717) is 6.42 Å². The summed E-state index contributed by atoms with van der Waals surface area (Å²) >= 11 is 6.19. The van der Waals surface area contributed by atoms with E-state index in [1.165, 1.54) is 71.3 Å². The Morgan fingerprint density at radius 2 is 1.40 bits per heavy atom. The van der Waals surface area contributed by atoms with Crippen molar-refractivity contribution in [3.05, 3.63) is 0 Å². The lowest BCUT2D eigenvalue weighted by Gasteiger charge is -2.08. The summed E-state index contributed by atoms with van der Waals surface area (Å²) in [4.78, 5) is 11.0. The molecule has 0 rings (SSSR count). The number of alkyl halides is 1. The van der Waals surface area contributed by atoms with E-state index in [0.717, 1.165) is 12.8 Å². The number of ether oxygens (including phenoxy) is 1. The molecule has 0 spiro atoms. The van der Waals surface area contributed by atoms with Crippen LogP contribution in [0.15, 0.2) is 0 Å². The largest absolute Gasteiger partial charge is 0.469 e. The molecule has 0 aromatic rings. The van der Waals surface area contributed by atoms with Crippen molar-refractivity contribution in [1.82, 2.24) is 0 Å². The number of methoxy groups -OCH3 is 1. The van der Waals surface area contributed by atoms with Crippen molar-refractivity contribution in [2.75, 3.05) is 7.11 Å². The van der Waals surface area contributed by atoms with Gasteiger partial charge in [-0.15, -0.1) is 11.6 Å². The third kappa shape index (κ3) is 14.2. The Hall–Kier alpha value is -0.240. The number of esters is 1. The molecule has 0 saturated carbocycles. The van der Waals surface area contributed by atoms with E-state index >= 15 is 0 Å². The highest BCUT2D eigenvalue weighted by Crippen LogP contribution is 2.16. The van der Waals surface area contributed by atoms with Crippen LogP contribution in [0.4, 0.5) is 0 Å². The Morgan fingerprint density at radius 1 is 0.900 bits per heavy atom. The predicted octanol–water partition coefficient (Wildman–Crippen LogP) is 5.86. The monoisotopic (exact) mass is 304 g/mol. The second kappa shape index (κ2) is 15.2. The number of carbonyl (C=O) groups excluding carboxylic acids is 1. The topological polar surface area (TPSA) is 26.3 Å². The smallest absolute Gasteiger partial charge is 0.305 e. The summed E-state index contributed by atoms with van der Waals surface area (Å²) in [6, 6.07) is 0. The molecule has 0 aliphatic carbocycles. The molecule has 0 N–H and O–H groups in total. The molecule has 0 amide bonds. The number of unbranched alkanes of at least 4 members (excludes halogenated alkanes) is 9. The fourth-order valence-electron chi connectivity index (χ4n) is 2.37. The van der Waals surface area contributed by atoms with Crippen LogP contribution in [0.5, 0.6) is 0 Å². The molecule has 0 heterocycles. The standard InChI is InChI=1S/C17H33ClO2/c1-3-4-5-6-7-8-9-10-11-12-13-16(18)14-15-17(19)20-2/h16H,3-15H2,1-2H3. The Bertz CT molecular complexity index is 219. The van der Waals surface area contributed by atoms with Gasteiger partial charge in [0, 0.05) is 11.8 Å². The molecule has 120 valence electrons. The van der Waals surface area contributed by atoms with Gasteiger partial charge in [0.05, 0.1) is 7.11 Å². The van der Waals surface area contributed by atoms with Gasteiger partial charge >= 0.3 is 5.97 Å². The zero-order chi connectivity index (χ0) is 15.1. The number of carbonyl (C=O) groups is 1. The van der Waals surface area contributed by atoms with Gasteiger partial charge in [-0.1, -0.05) is 71.1 Å². The molecule has 0 radical (unpaired) electrons. The average molecular weight is 305 g/mol. The fraction of sp³-hybridized carbons (Fsp3) is 0.941. The van der Waals surface area contributed by atoms with Gasteiger partial charge in [-0.3, -0.25) is 4.79 Å². The summed E-state index contributed by atoms with van der Waals surface area (Å²) in [5.74, 6) is -0.154. The zero-order valence-electron chi connectivity index (χ0n) is 13.5. The van der Waals surface area contributed by atoms with Gasteiger partial charge in [-0.25, -0.2) is 0 Å².